The molecular weight excluding hydrogens is 382 g/mol. The van der Waals surface area contributed by atoms with Gasteiger partial charge in [-0.1, -0.05) is 66.6 Å². The molecule has 4 rings (SSSR count). The summed E-state index contributed by atoms with van der Waals surface area (Å²) < 4.78 is 0. The fourth-order valence-corrected chi connectivity index (χ4v) is 3.99. The Kier molecular flexibility index (Phi) is 7.44. The van der Waals surface area contributed by atoms with E-state index in [4.69, 9.17) is 0 Å². The Morgan fingerprint density at radius 2 is 1.65 bits per heavy atom. The van der Waals surface area contributed by atoms with Crippen molar-refractivity contribution in [1.82, 2.24) is 15.1 Å². The Morgan fingerprint density at radius 3 is 2.35 bits per heavy atom. The highest BCUT2D eigenvalue weighted by atomic mass is 16.3. The van der Waals surface area contributed by atoms with Crippen LogP contribution in [0.25, 0.3) is 11.3 Å². The molecule has 0 unspecified atom stereocenters. The van der Waals surface area contributed by atoms with Crippen molar-refractivity contribution in [2.75, 3.05) is 26.2 Å². The molecular formula is C27H29N3O. The van der Waals surface area contributed by atoms with Crippen LogP contribution in [0.2, 0.25) is 0 Å². The molecule has 0 radical (unpaired) electrons. The van der Waals surface area contributed by atoms with Gasteiger partial charge < -0.3 is 10.0 Å². The molecule has 31 heavy (non-hydrogen) atoms. The van der Waals surface area contributed by atoms with Crippen LogP contribution in [0.1, 0.15) is 36.1 Å². The number of aliphatic hydroxyl groups is 1. The van der Waals surface area contributed by atoms with Crippen molar-refractivity contribution in [3.63, 3.8) is 0 Å². The number of hydrogen-bond donors (Lipinski definition) is 1. The van der Waals surface area contributed by atoms with Crippen molar-refractivity contribution in [3.05, 3.63) is 83.6 Å². The van der Waals surface area contributed by atoms with E-state index in [9.17, 15) is 5.11 Å². The van der Waals surface area contributed by atoms with Crippen LogP contribution in [-0.2, 0) is 6.42 Å². The molecule has 0 spiro atoms. The molecule has 3 aromatic rings. The number of piperidine rings is 1. The number of benzene rings is 2. The molecule has 1 aliphatic heterocycles. The van der Waals surface area contributed by atoms with Crippen molar-refractivity contribution in [1.29, 1.82) is 0 Å². The van der Waals surface area contributed by atoms with Crippen LogP contribution in [0.15, 0.2) is 66.7 Å². The lowest BCUT2D eigenvalue weighted by Crippen LogP contribution is -2.35. The van der Waals surface area contributed by atoms with Crippen molar-refractivity contribution in [2.24, 2.45) is 5.92 Å². The quantitative estimate of drug-likeness (QED) is 0.618. The zero-order valence-corrected chi connectivity index (χ0v) is 17.9. The molecule has 1 saturated heterocycles. The summed E-state index contributed by atoms with van der Waals surface area (Å²) in [5.41, 5.74) is 5.06. The van der Waals surface area contributed by atoms with Crippen LogP contribution in [0, 0.1) is 17.8 Å². The molecule has 4 nitrogen and oxygen atoms in total. The zero-order valence-electron chi connectivity index (χ0n) is 17.9. The summed E-state index contributed by atoms with van der Waals surface area (Å²) in [4.78, 5) is 2.44. The molecule has 1 N–H and O–H groups in total. The van der Waals surface area contributed by atoms with Crippen LogP contribution in [-0.4, -0.2) is 46.4 Å². The Labute approximate surface area is 185 Å². The molecule has 0 amide bonds. The topological polar surface area (TPSA) is 49.2 Å². The van der Waals surface area contributed by atoms with E-state index in [1.54, 1.807) is 0 Å². The van der Waals surface area contributed by atoms with E-state index < -0.39 is 0 Å². The standard InChI is InChI=1S/C27H29N3O/c31-21-23-14-17-30(18-15-23)16-8-7-13-26-25(19-22-9-3-1-4-10-22)20-27(29-28-26)24-11-5-2-6-12-24/h1-6,9-12,20,23,31H,8,14-19,21H2. The van der Waals surface area contributed by atoms with Crippen LogP contribution in [0.5, 0.6) is 0 Å². The smallest absolute Gasteiger partial charge is 0.139 e. The summed E-state index contributed by atoms with van der Waals surface area (Å²) in [6, 6.07) is 22.7. The molecule has 4 heteroatoms. The number of aromatic nitrogens is 2. The lowest BCUT2D eigenvalue weighted by atomic mass is 9.98. The van der Waals surface area contributed by atoms with Gasteiger partial charge in [-0.25, -0.2) is 0 Å². The van der Waals surface area contributed by atoms with Crippen LogP contribution in [0.3, 0.4) is 0 Å². The van der Waals surface area contributed by atoms with Crippen molar-refractivity contribution < 1.29 is 5.11 Å². The minimum absolute atomic E-state index is 0.315. The van der Waals surface area contributed by atoms with Gasteiger partial charge in [-0.05, 0) is 55.0 Å². The van der Waals surface area contributed by atoms with E-state index in [1.165, 1.54) is 5.56 Å². The van der Waals surface area contributed by atoms with E-state index in [-0.39, 0.29) is 0 Å². The summed E-state index contributed by atoms with van der Waals surface area (Å²) in [6.45, 7) is 3.39. The number of nitrogens with zero attached hydrogens (tertiary/aromatic N) is 3. The first kappa shape index (κ1) is 21.2. The van der Waals surface area contributed by atoms with Gasteiger partial charge in [0, 0.05) is 31.6 Å². The second kappa shape index (κ2) is 10.9. The van der Waals surface area contributed by atoms with Gasteiger partial charge in [0.1, 0.15) is 5.69 Å². The average Bonchev–Trinajstić information content (AvgIpc) is 2.84. The second-order valence-corrected chi connectivity index (χ2v) is 8.15. The third kappa shape index (κ3) is 6.01. The largest absolute Gasteiger partial charge is 0.396 e. The van der Waals surface area contributed by atoms with E-state index >= 15 is 0 Å². The third-order valence-electron chi connectivity index (χ3n) is 5.90. The molecule has 1 fully saturated rings. The van der Waals surface area contributed by atoms with Gasteiger partial charge in [-0.2, -0.15) is 0 Å². The second-order valence-electron chi connectivity index (χ2n) is 8.15. The Morgan fingerprint density at radius 1 is 0.935 bits per heavy atom. The summed E-state index contributed by atoms with van der Waals surface area (Å²) in [7, 11) is 0. The Hall–Kier alpha value is -3.00. The number of likely N-dealkylation sites (tertiary alicyclic amines) is 1. The number of rotatable bonds is 6. The molecule has 1 aromatic heterocycles. The van der Waals surface area contributed by atoms with Gasteiger partial charge in [0.05, 0.1) is 5.69 Å². The van der Waals surface area contributed by atoms with Crippen molar-refractivity contribution in [3.8, 4) is 23.1 Å². The van der Waals surface area contributed by atoms with E-state index in [0.29, 0.717) is 12.5 Å². The van der Waals surface area contributed by atoms with Gasteiger partial charge in [0.25, 0.3) is 0 Å². The first-order chi connectivity index (χ1) is 15.3. The lowest BCUT2D eigenvalue weighted by Gasteiger charge is -2.30. The molecule has 0 bridgehead atoms. The third-order valence-corrected chi connectivity index (χ3v) is 5.90. The SMILES string of the molecule is OCC1CCN(CCC#Cc2nnc(-c3ccccc3)cc2Cc2ccccc2)CC1. The van der Waals surface area contributed by atoms with Crippen LogP contribution in [0.4, 0.5) is 0 Å². The van der Waals surface area contributed by atoms with E-state index in [1.807, 2.05) is 24.3 Å². The monoisotopic (exact) mass is 411 g/mol. The van der Waals surface area contributed by atoms with E-state index in [0.717, 1.165) is 67.8 Å². The Bertz CT molecular complexity index is 1020. The molecule has 158 valence electrons. The minimum Gasteiger partial charge on any atom is -0.396 e. The van der Waals surface area contributed by atoms with Gasteiger partial charge in [-0.15, -0.1) is 10.2 Å². The molecule has 2 heterocycles. The Balaban J connectivity index is 1.48. The fourth-order valence-electron chi connectivity index (χ4n) is 3.99. The average molecular weight is 412 g/mol. The van der Waals surface area contributed by atoms with Gasteiger partial charge in [0.15, 0.2) is 0 Å². The van der Waals surface area contributed by atoms with Gasteiger partial charge in [-0.3, -0.25) is 0 Å². The van der Waals surface area contributed by atoms with Crippen molar-refractivity contribution in [2.45, 2.75) is 25.7 Å². The van der Waals surface area contributed by atoms with E-state index in [2.05, 4.69) is 69.4 Å². The summed E-state index contributed by atoms with van der Waals surface area (Å²) in [5, 5.41) is 18.2. The zero-order chi connectivity index (χ0) is 21.3. The lowest BCUT2D eigenvalue weighted by molar-refractivity contribution is 0.133. The predicted molar refractivity (Wildman–Crippen MR) is 124 cm³/mol. The first-order valence-corrected chi connectivity index (χ1v) is 11.1. The van der Waals surface area contributed by atoms with Gasteiger partial charge in [0.2, 0.25) is 0 Å². The van der Waals surface area contributed by atoms with Crippen LogP contribution < -0.4 is 0 Å². The maximum absolute atomic E-state index is 9.29. The predicted octanol–water partition coefficient (Wildman–Crippen LogP) is 4.18. The molecule has 0 aliphatic carbocycles. The maximum Gasteiger partial charge on any atom is 0.139 e. The summed E-state index contributed by atoms with van der Waals surface area (Å²) in [5.74, 6) is 7.07. The van der Waals surface area contributed by atoms with Crippen molar-refractivity contribution >= 4 is 0 Å². The molecule has 0 saturated carbocycles. The first-order valence-electron chi connectivity index (χ1n) is 11.1. The number of hydrogen-bond acceptors (Lipinski definition) is 4. The minimum atomic E-state index is 0.315. The van der Waals surface area contributed by atoms with Crippen LogP contribution >= 0.6 is 0 Å². The maximum atomic E-state index is 9.29. The fraction of sp³-hybridized carbons (Fsp3) is 0.333. The molecule has 0 atom stereocenters. The summed E-state index contributed by atoms with van der Waals surface area (Å²) >= 11 is 0. The summed E-state index contributed by atoms with van der Waals surface area (Å²) in [6.07, 6.45) is 3.76. The highest BCUT2D eigenvalue weighted by Gasteiger charge is 2.17. The van der Waals surface area contributed by atoms with Gasteiger partial charge >= 0.3 is 0 Å². The normalized spacial score (nSPS) is 14.7. The highest BCUT2D eigenvalue weighted by Crippen LogP contribution is 2.20. The number of aliphatic hydroxyl groups excluding tert-OH is 1. The molecule has 1 aliphatic rings. The molecule has 2 aromatic carbocycles. The highest BCUT2D eigenvalue weighted by molar-refractivity contribution is 5.60.